The molecule has 0 saturated heterocycles. The van der Waals surface area contributed by atoms with Crippen molar-refractivity contribution in [2.75, 3.05) is 0 Å². The van der Waals surface area contributed by atoms with Crippen molar-refractivity contribution in [2.24, 2.45) is 0 Å². The number of aryl methyl sites for hydroxylation is 2. The van der Waals surface area contributed by atoms with E-state index in [0.29, 0.717) is 0 Å². The third-order valence-electron chi connectivity index (χ3n) is 5.11. The fraction of sp³-hybridized carbons (Fsp3) is 0.0606. The smallest absolute Gasteiger partial charge is 0.193 e. The van der Waals surface area contributed by atoms with Gasteiger partial charge in [0.2, 0.25) is 0 Å². The molecule has 0 aliphatic carbocycles. The molecule has 0 atom stereocenters. The Morgan fingerprint density at radius 2 is 0.889 bits per heavy atom. The summed E-state index contributed by atoms with van der Waals surface area (Å²) < 4.78 is 0. The second-order valence-electron chi connectivity index (χ2n) is 8.12. The first kappa shape index (κ1) is 27.1. The summed E-state index contributed by atoms with van der Waals surface area (Å²) in [6.45, 7) is 4.17. The zero-order chi connectivity index (χ0) is 25.6. The van der Waals surface area contributed by atoms with E-state index in [1.165, 1.54) is 16.0 Å². The molecule has 36 heavy (non-hydrogen) atoms. The highest BCUT2D eigenvalue weighted by atomic mass is 32.2. The maximum atomic E-state index is 12.3. The standard InChI is InChI=1S/C20H16OS.C7H8.C6H6S/c1-15-7-11-18(12-8-15)22-19-13-9-17(10-14-19)20(21)16-5-3-2-4-6-16;1-7-5-3-2-4-6-7;7-6-4-2-1-3-5-6/h2-14H,1H3;2-6H,1H3;1-5,7H. The fourth-order valence-electron chi connectivity index (χ4n) is 3.14. The van der Waals surface area contributed by atoms with E-state index in [4.69, 9.17) is 0 Å². The van der Waals surface area contributed by atoms with Crippen molar-refractivity contribution in [3.8, 4) is 0 Å². The van der Waals surface area contributed by atoms with Gasteiger partial charge >= 0.3 is 0 Å². The first-order chi connectivity index (χ1) is 17.5. The van der Waals surface area contributed by atoms with E-state index in [1.54, 1.807) is 11.8 Å². The molecule has 0 aliphatic rings. The van der Waals surface area contributed by atoms with Gasteiger partial charge in [-0.2, -0.15) is 0 Å². The van der Waals surface area contributed by atoms with Crippen LogP contribution in [0.2, 0.25) is 0 Å². The second kappa shape index (κ2) is 14.8. The first-order valence-corrected chi connectivity index (χ1v) is 13.0. The van der Waals surface area contributed by atoms with Crippen LogP contribution in [0.25, 0.3) is 0 Å². The molecule has 0 bridgehead atoms. The average molecular weight is 507 g/mol. The van der Waals surface area contributed by atoms with Crippen LogP contribution in [0.1, 0.15) is 27.0 Å². The highest BCUT2D eigenvalue weighted by molar-refractivity contribution is 7.99. The predicted molar refractivity (Wildman–Crippen MR) is 156 cm³/mol. The Hall–Kier alpha value is -3.53. The predicted octanol–water partition coefficient (Wildman–Crippen LogP) is 9.35. The van der Waals surface area contributed by atoms with Gasteiger partial charge in [0.1, 0.15) is 0 Å². The van der Waals surface area contributed by atoms with Gasteiger partial charge in [0.25, 0.3) is 0 Å². The minimum absolute atomic E-state index is 0.0625. The fourth-order valence-corrected chi connectivity index (χ4v) is 4.12. The molecule has 0 spiro atoms. The van der Waals surface area contributed by atoms with Crippen molar-refractivity contribution in [3.63, 3.8) is 0 Å². The molecule has 0 fully saturated rings. The molecule has 5 rings (SSSR count). The van der Waals surface area contributed by atoms with Gasteiger partial charge in [0.15, 0.2) is 5.78 Å². The normalized spacial score (nSPS) is 9.75. The first-order valence-electron chi connectivity index (χ1n) is 11.7. The average Bonchev–Trinajstić information content (AvgIpc) is 2.92. The zero-order valence-electron chi connectivity index (χ0n) is 20.5. The van der Waals surface area contributed by atoms with E-state index in [9.17, 15) is 4.79 Å². The summed E-state index contributed by atoms with van der Waals surface area (Å²) in [6.07, 6.45) is 0. The van der Waals surface area contributed by atoms with E-state index >= 15 is 0 Å². The summed E-state index contributed by atoms with van der Waals surface area (Å²) in [4.78, 5) is 15.7. The largest absolute Gasteiger partial charge is 0.289 e. The lowest BCUT2D eigenvalue weighted by Gasteiger charge is -2.04. The van der Waals surface area contributed by atoms with Crippen LogP contribution in [-0.4, -0.2) is 5.78 Å². The van der Waals surface area contributed by atoms with Gasteiger partial charge in [-0.05, 0) is 62.4 Å². The van der Waals surface area contributed by atoms with Gasteiger partial charge in [-0.3, -0.25) is 4.79 Å². The van der Waals surface area contributed by atoms with Crippen LogP contribution in [0, 0.1) is 13.8 Å². The number of hydrogen-bond donors (Lipinski definition) is 1. The number of ketones is 1. The van der Waals surface area contributed by atoms with Crippen LogP contribution >= 0.6 is 24.4 Å². The summed E-state index contributed by atoms with van der Waals surface area (Å²) in [5.74, 6) is 0.0625. The van der Waals surface area contributed by atoms with Crippen molar-refractivity contribution < 1.29 is 4.79 Å². The third kappa shape index (κ3) is 9.61. The number of benzene rings is 5. The van der Waals surface area contributed by atoms with Crippen LogP contribution < -0.4 is 0 Å². The molecule has 1 nitrogen and oxygen atoms in total. The summed E-state index contributed by atoms with van der Waals surface area (Å²) in [6, 6.07) is 45.7. The summed E-state index contributed by atoms with van der Waals surface area (Å²) in [5, 5.41) is 0. The number of hydrogen-bond acceptors (Lipinski definition) is 3. The molecule has 0 aromatic heterocycles. The highest BCUT2D eigenvalue weighted by Crippen LogP contribution is 2.28. The number of rotatable bonds is 4. The van der Waals surface area contributed by atoms with Crippen molar-refractivity contribution in [2.45, 2.75) is 28.5 Å². The van der Waals surface area contributed by atoms with Crippen LogP contribution in [0.5, 0.6) is 0 Å². The summed E-state index contributed by atoms with van der Waals surface area (Å²) in [5.41, 5.74) is 4.02. The lowest BCUT2D eigenvalue weighted by atomic mass is 10.0. The second-order valence-corrected chi connectivity index (χ2v) is 9.79. The number of thiol groups is 1. The molecule has 0 unspecified atom stereocenters. The maximum absolute atomic E-state index is 12.3. The molecule has 0 heterocycles. The van der Waals surface area contributed by atoms with Crippen molar-refractivity contribution in [1.82, 2.24) is 0 Å². The molecule has 0 amide bonds. The minimum atomic E-state index is 0.0625. The topological polar surface area (TPSA) is 17.1 Å². The summed E-state index contributed by atoms with van der Waals surface area (Å²) in [7, 11) is 0. The van der Waals surface area contributed by atoms with E-state index < -0.39 is 0 Å². The maximum Gasteiger partial charge on any atom is 0.193 e. The van der Waals surface area contributed by atoms with Gasteiger partial charge in [-0.15, -0.1) is 12.6 Å². The van der Waals surface area contributed by atoms with E-state index in [1.807, 2.05) is 103 Å². The lowest BCUT2D eigenvalue weighted by molar-refractivity contribution is 0.103. The van der Waals surface area contributed by atoms with Gasteiger partial charge in [-0.1, -0.05) is 114 Å². The van der Waals surface area contributed by atoms with Gasteiger partial charge < -0.3 is 0 Å². The summed E-state index contributed by atoms with van der Waals surface area (Å²) >= 11 is 5.79. The van der Waals surface area contributed by atoms with Crippen molar-refractivity contribution in [1.29, 1.82) is 0 Å². The van der Waals surface area contributed by atoms with E-state index in [0.717, 1.165) is 20.9 Å². The van der Waals surface area contributed by atoms with Crippen molar-refractivity contribution in [3.05, 3.63) is 162 Å². The van der Waals surface area contributed by atoms with E-state index in [-0.39, 0.29) is 5.78 Å². The number of carbonyl (C=O) groups is 1. The number of carbonyl (C=O) groups excluding carboxylic acids is 1. The van der Waals surface area contributed by atoms with Gasteiger partial charge in [-0.25, -0.2) is 0 Å². The quantitative estimate of drug-likeness (QED) is 0.193. The molecule has 0 aliphatic heterocycles. The van der Waals surface area contributed by atoms with Gasteiger partial charge in [0, 0.05) is 25.8 Å². The Balaban J connectivity index is 0.000000209. The molecule has 180 valence electrons. The molecule has 3 heteroatoms. The highest BCUT2D eigenvalue weighted by Gasteiger charge is 2.08. The lowest BCUT2D eigenvalue weighted by Crippen LogP contribution is -2.00. The van der Waals surface area contributed by atoms with Crippen LogP contribution in [0.4, 0.5) is 0 Å². The Kier molecular flexibility index (Phi) is 11.1. The molecule has 0 N–H and O–H groups in total. The van der Waals surface area contributed by atoms with Crippen molar-refractivity contribution >= 4 is 30.2 Å². The van der Waals surface area contributed by atoms with Gasteiger partial charge in [0.05, 0.1) is 0 Å². The third-order valence-corrected chi connectivity index (χ3v) is 6.42. The molecule has 5 aromatic carbocycles. The van der Waals surface area contributed by atoms with Crippen LogP contribution in [-0.2, 0) is 0 Å². The van der Waals surface area contributed by atoms with E-state index in [2.05, 4.69) is 62.9 Å². The molecule has 0 saturated carbocycles. The molecular formula is C33H30OS2. The Labute approximate surface area is 224 Å². The molecule has 0 radical (unpaired) electrons. The molecule has 5 aromatic rings. The van der Waals surface area contributed by atoms with Crippen LogP contribution in [0.15, 0.2) is 154 Å². The SMILES string of the molecule is Cc1ccc(Sc2ccc(C(=O)c3ccccc3)cc2)cc1.Cc1ccccc1.Sc1ccccc1. The Bertz CT molecular complexity index is 1260. The molecular weight excluding hydrogens is 476 g/mol. The Morgan fingerprint density at radius 3 is 1.31 bits per heavy atom. The monoisotopic (exact) mass is 506 g/mol. The Morgan fingerprint density at radius 1 is 0.500 bits per heavy atom. The zero-order valence-corrected chi connectivity index (χ0v) is 22.3. The minimum Gasteiger partial charge on any atom is -0.289 e. The van der Waals surface area contributed by atoms with Crippen LogP contribution in [0.3, 0.4) is 0 Å².